The molecule has 1 aromatic rings. The number of sulfonamides is 1. The predicted octanol–water partition coefficient (Wildman–Crippen LogP) is 0.828. The van der Waals surface area contributed by atoms with E-state index in [4.69, 9.17) is 4.74 Å². The third-order valence-corrected chi connectivity index (χ3v) is 7.76. The van der Waals surface area contributed by atoms with E-state index in [2.05, 4.69) is 4.72 Å². The molecular formula is C15H20N2O5S2. The van der Waals surface area contributed by atoms with Crippen molar-refractivity contribution in [1.82, 2.24) is 9.62 Å². The minimum atomic E-state index is -3.62. The molecule has 2 aliphatic rings. The van der Waals surface area contributed by atoms with Crippen LogP contribution in [0.15, 0.2) is 21.7 Å². The molecule has 0 aromatic carbocycles. The molecule has 0 radical (unpaired) electrons. The molecule has 1 unspecified atom stereocenters. The molecule has 9 heteroatoms. The van der Waals surface area contributed by atoms with Crippen molar-refractivity contribution in [3.05, 3.63) is 17.5 Å². The molecule has 2 fully saturated rings. The van der Waals surface area contributed by atoms with Gasteiger partial charge >= 0.3 is 5.97 Å². The van der Waals surface area contributed by atoms with Crippen LogP contribution in [0.1, 0.15) is 19.3 Å². The molecule has 1 N–H and O–H groups in total. The Hall–Kier alpha value is -1.45. The van der Waals surface area contributed by atoms with Crippen molar-refractivity contribution in [1.29, 1.82) is 0 Å². The van der Waals surface area contributed by atoms with E-state index in [1.54, 1.807) is 16.3 Å². The molecule has 1 aliphatic carbocycles. The lowest BCUT2D eigenvalue weighted by Gasteiger charge is -2.32. The van der Waals surface area contributed by atoms with Crippen LogP contribution in [0.2, 0.25) is 0 Å². The largest absolute Gasteiger partial charge is 0.469 e. The summed E-state index contributed by atoms with van der Waals surface area (Å²) in [4.78, 5) is 25.5. The van der Waals surface area contributed by atoms with Gasteiger partial charge in [-0.2, -0.15) is 0 Å². The van der Waals surface area contributed by atoms with Gasteiger partial charge in [0.25, 0.3) is 10.0 Å². The molecule has 3 rings (SSSR count). The highest BCUT2D eigenvalue weighted by Gasteiger charge is 2.59. The minimum absolute atomic E-state index is 0.0135. The van der Waals surface area contributed by atoms with E-state index in [-0.39, 0.29) is 34.0 Å². The standard InChI is InChI=1S/C15H20N2O5S2/c1-22-14(19)11-9-15(11)4-6-17(7-5-15)12(18)10-16-24(20,21)13-3-2-8-23-13/h2-3,8,11,16H,4-7,9-10H2,1H3. The summed E-state index contributed by atoms with van der Waals surface area (Å²) < 4.78 is 31.4. The van der Waals surface area contributed by atoms with Crippen LogP contribution >= 0.6 is 11.3 Å². The number of amides is 1. The molecule has 132 valence electrons. The van der Waals surface area contributed by atoms with Gasteiger partial charge in [0.05, 0.1) is 19.6 Å². The number of carbonyl (C=O) groups is 2. The van der Waals surface area contributed by atoms with Gasteiger partial charge < -0.3 is 9.64 Å². The monoisotopic (exact) mass is 372 g/mol. The summed E-state index contributed by atoms with van der Waals surface area (Å²) in [5, 5.41) is 1.67. The summed E-state index contributed by atoms with van der Waals surface area (Å²) in [6, 6.07) is 3.15. The number of thiophene rings is 1. The zero-order valence-electron chi connectivity index (χ0n) is 13.4. The summed E-state index contributed by atoms with van der Waals surface area (Å²) in [7, 11) is -2.23. The Morgan fingerprint density at radius 2 is 2.12 bits per heavy atom. The first kappa shape index (κ1) is 17.4. The Labute approximate surface area is 145 Å². The second-order valence-electron chi connectivity index (χ2n) is 6.28. The summed E-state index contributed by atoms with van der Waals surface area (Å²) >= 11 is 1.11. The van der Waals surface area contributed by atoms with Crippen LogP contribution in [0, 0.1) is 11.3 Å². The van der Waals surface area contributed by atoms with Crippen molar-refractivity contribution >= 4 is 33.2 Å². The first-order chi connectivity index (χ1) is 11.4. The number of ether oxygens (including phenoxy) is 1. The Balaban J connectivity index is 1.49. The fourth-order valence-electron chi connectivity index (χ4n) is 3.33. The Morgan fingerprint density at radius 3 is 2.71 bits per heavy atom. The average Bonchev–Trinajstić information content (AvgIpc) is 3.02. The highest BCUT2D eigenvalue weighted by Crippen LogP contribution is 2.59. The maximum Gasteiger partial charge on any atom is 0.309 e. The zero-order valence-corrected chi connectivity index (χ0v) is 15.0. The van der Waals surface area contributed by atoms with E-state index in [9.17, 15) is 18.0 Å². The van der Waals surface area contributed by atoms with Crippen molar-refractivity contribution < 1.29 is 22.7 Å². The number of hydrogen-bond donors (Lipinski definition) is 1. The van der Waals surface area contributed by atoms with Crippen LogP contribution in [0.3, 0.4) is 0 Å². The van der Waals surface area contributed by atoms with Gasteiger partial charge in [0.1, 0.15) is 4.21 Å². The number of likely N-dealkylation sites (tertiary alicyclic amines) is 1. The molecule has 1 saturated carbocycles. The second-order valence-corrected chi connectivity index (χ2v) is 9.22. The molecule has 1 saturated heterocycles. The lowest BCUT2D eigenvalue weighted by molar-refractivity contribution is -0.143. The summed E-state index contributed by atoms with van der Waals surface area (Å²) in [5.41, 5.74) is -0.0135. The minimum Gasteiger partial charge on any atom is -0.469 e. The fourth-order valence-corrected chi connectivity index (χ4v) is 5.35. The molecule has 2 heterocycles. The number of methoxy groups -OCH3 is 1. The smallest absolute Gasteiger partial charge is 0.309 e. The molecular weight excluding hydrogens is 352 g/mol. The molecule has 1 amide bonds. The topological polar surface area (TPSA) is 92.8 Å². The van der Waals surface area contributed by atoms with Crippen molar-refractivity contribution in [2.24, 2.45) is 11.3 Å². The number of hydrogen-bond acceptors (Lipinski definition) is 6. The van der Waals surface area contributed by atoms with E-state index in [0.717, 1.165) is 30.6 Å². The van der Waals surface area contributed by atoms with Crippen LogP contribution in [-0.4, -0.2) is 51.9 Å². The fraction of sp³-hybridized carbons (Fsp3) is 0.600. The molecule has 1 spiro atoms. The lowest BCUT2D eigenvalue weighted by Crippen LogP contribution is -2.44. The van der Waals surface area contributed by atoms with Crippen LogP contribution in [0.5, 0.6) is 0 Å². The molecule has 1 aliphatic heterocycles. The van der Waals surface area contributed by atoms with Gasteiger partial charge in [0, 0.05) is 13.1 Å². The molecule has 1 aromatic heterocycles. The van der Waals surface area contributed by atoms with Gasteiger partial charge in [0.15, 0.2) is 0 Å². The lowest BCUT2D eigenvalue weighted by atomic mass is 9.91. The van der Waals surface area contributed by atoms with Crippen molar-refractivity contribution in [3.63, 3.8) is 0 Å². The number of rotatable bonds is 5. The zero-order chi connectivity index (χ0) is 17.4. The number of esters is 1. The Kier molecular flexibility index (Phi) is 4.67. The van der Waals surface area contributed by atoms with E-state index in [1.807, 2.05) is 0 Å². The maximum atomic E-state index is 12.2. The summed E-state index contributed by atoms with van der Waals surface area (Å²) in [5.74, 6) is -0.448. The van der Waals surface area contributed by atoms with Gasteiger partial charge in [-0.1, -0.05) is 6.07 Å². The van der Waals surface area contributed by atoms with E-state index >= 15 is 0 Å². The second kappa shape index (κ2) is 6.45. The normalized spacial score (nSPS) is 22.4. The van der Waals surface area contributed by atoms with Crippen LogP contribution < -0.4 is 4.72 Å². The van der Waals surface area contributed by atoms with Crippen molar-refractivity contribution in [2.45, 2.75) is 23.5 Å². The van der Waals surface area contributed by atoms with E-state index in [0.29, 0.717) is 13.1 Å². The van der Waals surface area contributed by atoms with Gasteiger partial charge in [-0.05, 0) is 36.1 Å². The number of carbonyl (C=O) groups excluding carboxylic acids is 2. The average molecular weight is 372 g/mol. The Morgan fingerprint density at radius 1 is 1.42 bits per heavy atom. The number of nitrogens with one attached hydrogen (secondary N) is 1. The predicted molar refractivity (Wildman–Crippen MR) is 87.9 cm³/mol. The SMILES string of the molecule is COC(=O)C1CC12CCN(C(=O)CNS(=O)(=O)c1cccs1)CC2. The van der Waals surface area contributed by atoms with Gasteiger partial charge in [-0.3, -0.25) is 9.59 Å². The molecule has 0 bridgehead atoms. The quantitative estimate of drug-likeness (QED) is 0.773. The third-order valence-electron chi connectivity index (χ3n) is 4.96. The molecule has 24 heavy (non-hydrogen) atoms. The Bertz CT molecular complexity index is 721. The molecule has 1 atom stereocenters. The summed E-state index contributed by atoms with van der Waals surface area (Å²) in [6.45, 7) is 0.855. The third kappa shape index (κ3) is 3.33. The highest BCUT2D eigenvalue weighted by molar-refractivity contribution is 7.91. The summed E-state index contributed by atoms with van der Waals surface area (Å²) in [6.07, 6.45) is 2.35. The van der Waals surface area contributed by atoms with Crippen LogP contribution in [0.4, 0.5) is 0 Å². The van der Waals surface area contributed by atoms with Gasteiger partial charge in [-0.15, -0.1) is 11.3 Å². The number of piperidine rings is 1. The number of nitrogens with zero attached hydrogens (tertiary/aromatic N) is 1. The van der Waals surface area contributed by atoms with Gasteiger partial charge in [-0.25, -0.2) is 13.1 Å². The first-order valence-electron chi connectivity index (χ1n) is 7.77. The van der Waals surface area contributed by atoms with Crippen molar-refractivity contribution in [3.8, 4) is 0 Å². The van der Waals surface area contributed by atoms with E-state index in [1.165, 1.54) is 13.2 Å². The molecule has 7 nitrogen and oxygen atoms in total. The maximum absolute atomic E-state index is 12.2. The highest BCUT2D eigenvalue weighted by atomic mass is 32.2. The first-order valence-corrected chi connectivity index (χ1v) is 10.1. The van der Waals surface area contributed by atoms with Gasteiger partial charge in [0.2, 0.25) is 5.91 Å². The van der Waals surface area contributed by atoms with Crippen LogP contribution in [-0.2, 0) is 24.3 Å². The van der Waals surface area contributed by atoms with Crippen LogP contribution in [0.25, 0.3) is 0 Å². The van der Waals surface area contributed by atoms with Crippen molar-refractivity contribution in [2.75, 3.05) is 26.7 Å². The van der Waals surface area contributed by atoms with E-state index < -0.39 is 10.0 Å².